The van der Waals surface area contributed by atoms with E-state index in [-0.39, 0.29) is 17.2 Å². The number of pyridine rings is 1. The average molecular weight is 288 g/mol. The quantitative estimate of drug-likeness (QED) is 0.787. The summed E-state index contributed by atoms with van der Waals surface area (Å²) in [6, 6.07) is 2.17. The molecule has 0 radical (unpaired) electrons. The van der Waals surface area contributed by atoms with E-state index in [1.165, 1.54) is 0 Å². The van der Waals surface area contributed by atoms with Crippen molar-refractivity contribution in [3.05, 3.63) is 12.3 Å². The van der Waals surface area contributed by atoms with Crippen molar-refractivity contribution in [1.29, 1.82) is 0 Å². The SMILES string of the molecule is CC(C)n1nnc2cc(B3OC(C)(C)C(C)(C)O3)cnc21. The van der Waals surface area contributed by atoms with Crippen LogP contribution in [0, 0.1) is 0 Å². The van der Waals surface area contributed by atoms with Gasteiger partial charge in [0.05, 0.1) is 17.2 Å². The van der Waals surface area contributed by atoms with Crippen molar-refractivity contribution in [3.63, 3.8) is 0 Å². The third kappa shape index (κ3) is 2.24. The van der Waals surface area contributed by atoms with Crippen LogP contribution in [0.3, 0.4) is 0 Å². The predicted molar refractivity (Wildman–Crippen MR) is 81.4 cm³/mol. The Hall–Kier alpha value is -1.47. The van der Waals surface area contributed by atoms with Gasteiger partial charge in [-0.2, -0.15) is 0 Å². The van der Waals surface area contributed by atoms with Crippen LogP contribution in [-0.2, 0) is 9.31 Å². The zero-order chi connectivity index (χ0) is 15.4. The first-order valence-electron chi connectivity index (χ1n) is 7.28. The molecule has 1 saturated heterocycles. The summed E-state index contributed by atoms with van der Waals surface area (Å²) in [5, 5.41) is 8.33. The largest absolute Gasteiger partial charge is 0.496 e. The molecule has 21 heavy (non-hydrogen) atoms. The highest BCUT2D eigenvalue weighted by Crippen LogP contribution is 2.36. The Morgan fingerprint density at radius 1 is 1.14 bits per heavy atom. The van der Waals surface area contributed by atoms with Gasteiger partial charge in [-0.3, -0.25) is 0 Å². The van der Waals surface area contributed by atoms with Crippen LogP contribution in [0.4, 0.5) is 0 Å². The van der Waals surface area contributed by atoms with Crippen LogP contribution < -0.4 is 5.46 Å². The zero-order valence-electron chi connectivity index (χ0n) is 13.4. The van der Waals surface area contributed by atoms with Crippen LogP contribution in [0.25, 0.3) is 11.2 Å². The minimum atomic E-state index is -0.420. The molecule has 3 rings (SSSR count). The van der Waals surface area contributed by atoms with E-state index in [4.69, 9.17) is 9.31 Å². The highest BCUT2D eigenvalue weighted by atomic mass is 16.7. The summed E-state index contributed by atoms with van der Waals surface area (Å²) >= 11 is 0. The molecule has 0 atom stereocenters. The summed E-state index contributed by atoms with van der Waals surface area (Å²) in [7, 11) is -0.420. The topological polar surface area (TPSA) is 62.1 Å². The van der Waals surface area contributed by atoms with E-state index in [2.05, 4.69) is 29.1 Å². The average Bonchev–Trinajstić information content (AvgIpc) is 2.87. The van der Waals surface area contributed by atoms with Crippen LogP contribution in [0.1, 0.15) is 47.6 Å². The lowest BCUT2D eigenvalue weighted by Crippen LogP contribution is -2.41. The van der Waals surface area contributed by atoms with Crippen molar-refractivity contribution in [2.75, 3.05) is 0 Å². The molecule has 0 saturated carbocycles. The van der Waals surface area contributed by atoms with Crippen LogP contribution in [0.15, 0.2) is 12.3 Å². The third-order valence-corrected chi connectivity index (χ3v) is 4.35. The van der Waals surface area contributed by atoms with Crippen LogP contribution in [0.2, 0.25) is 0 Å². The Kier molecular flexibility index (Phi) is 3.11. The molecule has 0 aliphatic carbocycles. The monoisotopic (exact) mass is 288 g/mol. The van der Waals surface area contributed by atoms with Crippen LogP contribution in [0.5, 0.6) is 0 Å². The second-order valence-corrected chi connectivity index (χ2v) is 6.83. The van der Waals surface area contributed by atoms with Gasteiger partial charge in [0.25, 0.3) is 0 Å². The van der Waals surface area contributed by atoms with Gasteiger partial charge in [-0.05, 0) is 47.6 Å². The number of hydrogen-bond acceptors (Lipinski definition) is 5. The van der Waals surface area contributed by atoms with Gasteiger partial charge in [0.1, 0.15) is 5.52 Å². The van der Waals surface area contributed by atoms with Crippen LogP contribution >= 0.6 is 0 Å². The van der Waals surface area contributed by atoms with Gasteiger partial charge in [0, 0.05) is 11.7 Å². The van der Waals surface area contributed by atoms with E-state index >= 15 is 0 Å². The Labute approximate surface area is 125 Å². The lowest BCUT2D eigenvalue weighted by Gasteiger charge is -2.32. The fourth-order valence-electron chi connectivity index (χ4n) is 2.31. The maximum atomic E-state index is 6.04. The van der Waals surface area contributed by atoms with Crippen molar-refractivity contribution in [2.24, 2.45) is 0 Å². The lowest BCUT2D eigenvalue weighted by atomic mass is 9.80. The first-order chi connectivity index (χ1) is 9.71. The highest BCUT2D eigenvalue weighted by Gasteiger charge is 2.51. The van der Waals surface area contributed by atoms with Gasteiger partial charge in [0.15, 0.2) is 5.65 Å². The molecular weight excluding hydrogens is 267 g/mol. The minimum absolute atomic E-state index is 0.227. The number of aromatic nitrogens is 4. The number of hydrogen-bond donors (Lipinski definition) is 0. The van der Waals surface area contributed by atoms with Crippen molar-refractivity contribution in [2.45, 2.75) is 58.8 Å². The summed E-state index contributed by atoms with van der Waals surface area (Å²) in [5.74, 6) is 0. The first-order valence-corrected chi connectivity index (χ1v) is 7.28. The Bertz CT molecular complexity index is 665. The van der Waals surface area contributed by atoms with Crippen LogP contribution in [-0.4, -0.2) is 38.3 Å². The van der Waals surface area contributed by atoms with E-state index in [9.17, 15) is 0 Å². The second kappa shape index (κ2) is 4.51. The van der Waals surface area contributed by atoms with Crippen molar-refractivity contribution in [1.82, 2.24) is 20.0 Å². The number of nitrogens with zero attached hydrogens (tertiary/aromatic N) is 4. The van der Waals surface area contributed by atoms with Gasteiger partial charge in [-0.15, -0.1) is 5.10 Å². The lowest BCUT2D eigenvalue weighted by molar-refractivity contribution is 0.00578. The molecule has 0 spiro atoms. The maximum Gasteiger partial charge on any atom is 0.496 e. The summed E-state index contributed by atoms with van der Waals surface area (Å²) < 4.78 is 13.9. The summed E-state index contributed by atoms with van der Waals surface area (Å²) in [6.07, 6.45) is 1.78. The van der Waals surface area contributed by atoms with Gasteiger partial charge >= 0.3 is 7.12 Å². The Morgan fingerprint density at radius 3 is 2.33 bits per heavy atom. The first kappa shape index (κ1) is 14.5. The molecule has 0 unspecified atom stereocenters. The number of fused-ring (bicyclic) bond motifs is 1. The molecule has 7 heteroatoms. The summed E-state index contributed by atoms with van der Waals surface area (Å²) in [6.45, 7) is 12.2. The molecule has 112 valence electrons. The van der Waals surface area contributed by atoms with Crippen molar-refractivity contribution >= 4 is 23.7 Å². The molecule has 0 amide bonds. The van der Waals surface area contributed by atoms with Crippen molar-refractivity contribution in [3.8, 4) is 0 Å². The van der Waals surface area contributed by atoms with Gasteiger partial charge < -0.3 is 9.31 Å². The van der Waals surface area contributed by atoms with Gasteiger partial charge in [-0.25, -0.2) is 9.67 Å². The van der Waals surface area contributed by atoms with E-state index in [0.717, 1.165) is 16.6 Å². The molecule has 3 heterocycles. The third-order valence-electron chi connectivity index (χ3n) is 4.35. The molecule has 2 aromatic rings. The Balaban J connectivity index is 1.96. The molecular formula is C14H21BN4O2. The second-order valence-electron chi connectivity index (χ2n) is 6.83. The van der Waals surface area contributed by atoms with Gasteiger partial charge in [-0.1, -0.05) is 5.21 Å². The molecule has 0 bridgehead atoms. The number of rotatable bonds is 2. The fraction of sp³-hybridized carbons (Fsp3) is 0.643. The van der Waals surface area contributed by atoms with E-state index in [1.54, 1.807) is 6.20 Å². The highest BCUT2D eigenvalue weighted by molar-refractivity contribution is 6.62. The smallest absolute Gasteiger partial charge is 0.399 e. The van der Waals surface area contributed by atoms with E-state index in [1.807, 2.05) is 38.4 Å². The fourth-order valence-corrected chi connectivity index (χ4v) is 2.31. The van der Waals surface area contributed by atoms with Gasteiger partial charge in [0.2, 0.25) is 0 Å². The standard InChI is InChI=1S/C14H21BN4O2/c1-9(2)19-12-11(17-18-19)7-10(8-16-12)15-20-13(3,4)14(5,6)21-15/h7-9H,1-6H3. The summed E-state index contributed by atoms with van der Waals surface area (Å²) in [4.78, 5) is 4.48. The molecule has 1 aliphatic rings. The molecule has 6 nitrogen and oxygen atoms in total. The van der Waals surface area contributed by atoms with E-state index in [0.29, 0.717) is 0 Å². The van der Waals surface area contributed by atoms with E-state index < -0.39 is 7.12 Å². The molecule has 1 fully saturated rings. The van der Waals surface area contributed by atoms with Crippen molar-refractivity contribution < 1.29 is 9.31 Å². The molecule has 0 aromatic carbocycles. The Morgan fingerprint density at radius 2 is 1.76 bits per heavy atom. The molecule has 1 aliphatic heterocycles. The minimum Gasteiger partial charge on any atom is -0.399 e. The summed E-state index contributed by atoms with van der Waals surface area (Å²) in [5.41, 5.74) is 1.70. The maximum absolute atomic E-state index is 6.04. The molecule has 0 N–H and O–H groups in total. The molecule has 2 aromatic heterocycles. The zero-order valence-corrected chi connectivity index (χ0v) is 13.4. The predicted octanol–water partition coefficient (Wildman–Crippen LogP) is 1.71. The normalized spacial score (nSPS) is 20.6.